The number of nitrogens with one attached hydrogen (secondary N) is 1. The van der Waals surface area contributed by atoms with Crippen molar-refractivity contribution in [2.45, 2.75) is 56.7 Å². The van der Waals surface area contributed by atoms with Gasteiger partial charge in [-0.25, -0.2) is 4.79 Å². The van der Waals surface area contributed by atoms with Gasteiger partial charge in [-0.2, -0.15) is 0 Å². The summed E-state index contributed by atoms with van der Waals surface area (Å²) in [6, 6.07) is 3.25. The first-order valence-corrected chi connectivity index (χ1v) is 10.3. The number of carboxylic acid groups (broad SMARTS) is 1. The quantitative estimate of drug-likeness (QED) is 0.670. The standard InChI is InChI=1S/C21H23N3O6/c25-15-4-3-14(18(26)22-15)24-11-13-2-1-12-5-6-21(30-17(12)16(13)19(24)27)7-9-23(10-8-21)20(28)29/h1-2,14H,3-11H2,(H,28,29)(H,22,25,26). The van der Waals surface area contributed by atoms with Crippen molar-refractivity contribution in [2.24, 2.45) is 0 Å². The fourth-order valence-corrected chi connectivity index (χ4v) is 5.06. The molecule has 0 saturated carbocycles. The number of carbonyl (C=O) groups is 4. The number of imide groups is 1. The van der Waals surface area contributed by atoms with E-state index in [1.165, 1.54) is 9.80 Å². The first-order chi connectivity index (χ1) is 14.4. The summed E-state index contributed by atoms with van der Waals surface area (Å²) in [7, 11) is 0. The van der Waals surface area contributed by atoms with Crippen molar-refractivity contribution in [3.8, 4) is 5.75 Å². The Kier molecular flexibility index (Phi) is 4.23. The molecule has 1 aromatic carbocycles. The third-order valence-electron chi connectivity index (χ3n) is 6.84. The summed E-state index contributed by atoms with van der Waals surface area (Å²) in [6.45, 7) is 1.14. The van der Waals surface area contributed by atoms with Crippen molar-refractivity contribution in [1.82, 2.24) is 15.1 Å². The Morgan fingerprint density at radius 3 is 2.53 bits per heavy atom. The second-order valence-corrected chi connectivity index (χ2v) is 8.54. The van der Waals surface area contributed by atoms with Crippen LogP contribution in [-0.2, 0) is 22.6 Å². The molecule has 158 valence electrons. The van der Waals surface area contributed by atoms with E-state index in [1.54, 1.807) is 0 Å². The molecule has 4 aliphatic heterocycles. The van der Waals surface area contributed by atoms with Gasteiger partial charge in [0.25, 0.3) is 5.91 Å². The van der Waals surface area contributed by atoms with Gasteiger partial charge in [-0.15, -0.1) is 0 Å². The summed E-state index contributed by atoms with van der Waals surface area (Å²) >= 11 is 0. The number of benzene rings is 1. The van der Waals surface area contributed by atoms with Crippen LogP contribution in [0.15, 0.2) is 12.1 Å². The molecule has 0 aromatic heterocycles. The van der Waals surface area contributed by atoms with Crippen molar-refractivity contribution in [1.29, 1.82) is 0 Å². The molecule has 1 unspecified atom stereocenters. The summed E-state index contributed by atoms with van der Waals surface area (Å²) < 4.78 is 6.46. The molecule has 4 aliphatic rings. The second kappa shape index (κ2) is 6.72. The van der Waals surface area contributed by atoms with Crippen LogP contribution in [-0.4, -0.2) is 63.5 Å². The molecule has 2 N–H and O–H groups in total. The number of carbonyl (C=O) groups excluding carboxylic acids is 3. The van der Waals surface area contributed by atoms with Gasteiger partial charge in [0.15, 0.2) is 0 Å². The average Bonchev–Trinajstić information content (AvgIpc) is 3.05. The maximum absolute atomic E-state index is 13.3. The smallest absolute Gasteiger partial charge is 0.407 e. The van der Waals surface area contributed by atoms with E-state index >= 15 is 0 Å². The zero-order valence-electron chi connectivity index (χ0n) is 16.5. The van der Waals surface area contributed by atoms with Crippen LogP contribution in [0.25, 0.3) is 0 Å². The highest BCUT2D eigenvalue weighted by Crippen LogP contribution is 2.44. The lowest BCUT2D eigenvalue weighted by molar-refractivity contribution is -0.136. The summed E-state index contributed by atoms with van der Waals surface area (Å²) in [5.41, 5.74) is 1.84. The molecular formula is C21H23N3O6. The minimum absolute atomic E-state index is 0.217. The largest absolute Gasteiger partial charge is 0.486 e. The van der Waals surface area contributed by atoms with Gasteiger partial charge in [0.05, 0.1) is 5.56 Å². The summed E-state index contributed by atoms with van der Waals surface area (Å²) in [5, 5.41) is 11.5. The van der Waals surface area contributed by atoms with Crippen molar-refractivity contribution in [3.05, 3.63) is 28.8 Å². The van der Waals surface area contributed by atoms with E-state index in [4.69, 9.17) is 4.74 Å². The number of fused-ring (bicyclic) bond motifs is 3. The lowest BCUT2D eigenvalue weighted by atomic mass is 9.82. The zero-order valence-corrected chi connectivity index (χ0v) is 16.5. The highest BCUT2D eigenvalue weighted by atomic mass is 16.5. The number of ether oxygens (including phenoxy) is 1. The third-order valence-corrected chi connectivity index (χ3v) is 6.84. The number of amides is 4. The Morgan fingerprint density at radius 1 is 1.10 bits per heavy atom. The lowest BCUT2D eigenvalue weighted by Crippen LogP contribution is -2.52. The summed E-state index contributed by atoms with van der Waals surface area (Å²) in [6.07, 6.45) is 2.35. The molecule has 0 radical (unpaired) electrons. The van der Waals surface area contributed by atoms with E-state index in [1.807, 2.05) is 12.1 Å². The van der Waals surface area contributed by atoms with E-state index in [0.29, 0.717) is 50.2 Å². The van der Waals surface area contributed by atoms with E-state index in [2.05, 4.69) is 5.32 Å². The lowest BCUT2D eigenvalue weighted by Gasteiger charge is -2.44. The van der Waals surface area contributed by atoms with Crippen LogP contribution in [0.5, 0.6) is 5.75 Å². The van der Waals surface area contributed by atoms with Crippen LogP contribution in [0.1, 0.15) is 53.6 Å². The van der Waals surface area contributed by atoms with E-state index in [0.717, 1.165) is 24.0 Å². The molecule has 30 heavy (non-hydrogen) atoms. The maximum Gasteiger partial charge on any atom is 0.407 e. The molecule has 2 fully saturated rings. The Labute approximate surface area is 173 Å². The monoisotopic (exact) mass is 413 g/mol. The van der Waals surface area contributed by atoms with Crippen LogP contribution >= 0.6 is 0 Å². The number of hydrogen-bond donors (Lipinski definition) is 2. The fraction of sp³-hybridized carbons (Fsp3) is 0.524. The summed E-state index contributed by atoms with van der Waals surface area (Å²) in [5.74, 6) is -0.394. The Morgan fingerprint density at radius 2 is 1.83 bits per heavy atom. The average molecular weight is 413 g/mol. The maximum atomic E-state index is 13.3. The molecule has 9 nitrogen and oxygen atoms in total. The van der Waals surface area contributed by atoms with Gasteiger partial charge in [-0.1, -0.05) is 12.1 Å². The van der Waals surface area contributed by atoms with E-state index in [9.17, 15) is 24.3 Å². The molecule has 1 atom stereocenters. The number of hydrogen-bond acceptors (Lipinski definition) is 5. The van der Waals surface area contributed by atoms with Crippen LogP contribution < -0.4 is 10.1 Å². The zero-order chi connectivity index (χ0) is 21.0. The third kappa shape index (κ3) is 2.91. The highest BCUT2D eigenvalue weighted by Gasteiger charge is 2.45. The number of rotatable bonds is 1. The molecule has 9 heteroatoms. The minimum atomic E-state index is -0.919. The van der Waals surface area contributed by atoms with Crippen molar-refractivity contribution in [2.75, 3.05) is 13.1 Å². The normalized spacial score (nSPS) is 24.9. The van der Waals surface area contributed by atoms with Crippen molar-refractivity contribution >= 4 is 23.8 Å². The highest BCUT2D eigenvalue weighted by molar-refractivity contribution is 6.06. The Balaban J connectivity index is 1.41. The fourth-order valence-electron chi connectivity index (χ4n) is 5.06. The van der Waals surface area contributed by atoms with E-state index in [-0.39, 0.29) is 18.2 Å². The molecule has 0 bridgehead atoms. The Hall–Kier alpha value is -3.10. The number of nitrogens with zero attached hydrogens (tertiary/aromatic N) is 2. The van der Waals surface area contributed by atoms with Crippen LogP contribution in [0.2, 0.25) is 0 Å². The molecule has 4 amide bonds. The second-order valence-electron chi connectivity index (χ2n) is 8.54. The molecular weight excluding hydrogens is 390 g/mol. The SMILES string of the molecule is O=C1CCC(N2Cc3ccc4c(c3C2=O)OC2(CC4)CCN(C(=O)O)CC2)C(=O)N1. The van der Waals surface area contributed by atoms with Gasteiger partial charge in [-0.3, -0.25) is 19.7 Å². The topological polar surface area (TPSA) is 116 Å². The minimum Gasteiger partial charge on any atom is -0.486 e. The van der Waals surface area contributed by atoms with Crippen LogP contribution in [0.4, 0.5) is 4.79 Å². The molecule has 1 spiro atoms. The van der Waals surface area contributed by atoms with Gasteiger partial charge in [-0.05, 0) is 30.4 Å². The van der Waals surface area contributed by atoms with Crippen LogP contribution in [0.3, 0.4) is 0 Å². The van der Waals surface area contributed by atoms with Crippen LogP contribution in [0, 0.1) is 0 Å². The first-order valence-electron chi connectivity index (χ1n) is 10.3. The van der Waals surface area contributed by atoms with Gasteiger partial charge >= 0.3 is 6.09 Å². The number of likely N-dealkylation sites (tertiary alicyclic amines) is 1. The molecule has 5 rings (SSSR count). The number of piperidine rings is 2. The molecule has 1 aromatic rings. The predicted octanol–water partition coefficient (Wildman–Crippen LogP) is 1.29. The van der Waals surface area contributed by atoms with Gasteiger partial charge in [0.2, 0.25) is 11.8 Å². The van der Waals surface area contributed by atoms with Crippen molar-refractivity contribution < 1.29 is 29.0 Å². The molecule has 4 heterocycles. The predicted molar refractivity (Wildman–Crippen MR) is 103 cm³/mol. The molecule has 0 aliphatic carbocycles. The van der Waals surface area contributed by atoms with Gasteiger partial charge in [0.1, 0.15) is 17.4 Å². The number of aryl methyl sites for hydroxylation is 1. The van der Waals surface area contributed by atoms with Crippen molar-refractivity contribution in [3.63, 3.8) is 0 Å². The van der Waals surface area contributed by atoms with E-state index < -0.39 is 23.6 Å². The first kappa shape index (κ1) is 18.9. The van der Waals surface area contributed by atoms with Gasteiger partial charge < -0.3 is 19.6 Å². The van der Waals surface area contributed by atoms with Gasteiger partial charge in [0, 0.05) is 38.9 Å². The molecule has 2 saturated heterocycles. The Bertz CT molecular complexity index is 966. The summed E-state index contributed by atoms with van der Waals surface area (Å²) in [4.78, 5) is 51.2.